The molecule has 0 atom stereocenters. The summed E-state index contributed by atoms with van der Waals surface area (Å²) in [7, 11) is 0. The Kier molecular flexibility index (Phi) is 3.77. The summed E-state index contributed by atoms with van der Waals surface area (Å²) < 4.78 is 1.85. The van der Waals surface area contributed by atoms with Crippen molar-refractivity contribution in [1.29, 1.82) is 5.26 Å². The third kappa shape index (κ3) is 2.37. The van der Waals surface area contributed by atoms with Crippen LogP contribution < -0.4 is 5.73 Å². The van der Waals surface area contributed by atoms with Gasteiger partial charge in [0.2, 0.25) is 0 Å². The molecule has 4 nitrogen and oxygen atoms in total. The van der Waals surface area contributed by atoms with Crippen LogP contribution in [0, 0.1) is 23.7 Å². The fraction of sp³-hybridized carbons (Fsp3) is 0.250. The molecule has 2 N–H and O–H groups in total. The second-order valence-electron chi connectivity index (χ2n) is 4.84. The average Bonchev–Trinajstić information content (AvgIpc) is 2.77. The molecule has 20 heavy (non-hydrogen) atoms. The van der Waals surface area contributed by atoms with Gasteiger partial charge in [0.15, 0.2) is 0 Å². The van der Waals surface area contributed by atoms with E-state index in [2.05, 4.69) is 17.0 Å². The molecule has 100 valence electrons. The first kappa shape index (κ1) is 13.7. The Labute approximate surface area is 118 Å². The first-order valence-electron chi connectivity index (χ1n) is 6.38. The van der Waals surface area contributed by atoms with Crippen molar-refractivity contribution in [3.63, 3.8) is 0 Å². The van der Waals surface area contributed by atoms with Crippen molar-refractivity contribution < 1.29 is 0 Å². The minimum absolute atomic E-state index is 0.221. The number of nitrogens with two attached hydrogens (primary N) is 1. The molecule has 0 saturated carbocycles. The van der Waals surface area contributed by atoms with Crippen molar-refractivity contribution in [2.75, 3.05) is 5.73 Å². The molecule has 0 saturated heterocycles. The van der Waals surface area contributed by atoms with Gasteiger partial charge >= 0.3 is 0 Å². The molecule has 1 heterocycles. The number of terminal acetylenes is 1. The summed E-state index contributed by atoms with van der Waals surface area (Å²) in [5.41, 5.74) is 8.27. The molecular formula is C16H16N4. The molecule has 0 aliphatic heterocycles. The van der Waals surface area contributed by atoms with Crippen molar-refractivity contribution in [3.05, 3.63) is 35.7 Å². The van der Waals surface area contributed by atoms with Gasteiger partial charge in [-0.1, -0.05) is 31.9 Å². The van der Waals surface area contributed by atoms with E-state index in [-0.39, 0.29) is 5.92 Å². The van der Waals surface area contributed by atoms with Crippen LogP contribution in [0.5, 0.6) is 0 Å². The van der Waals surface area contributed by atoms with Gasteiger partial charge in [0.1, 0.15) is 17.3 Å². The number of imidazole rings is 1. The number of anilines is 1. The minimum Gasteiger partial charge on any atom is -0.383 e. The lowest BCUT2D eigenvalue weighted by Crippen LogP contribution is -2.07. The van der Waals surface area contributed by atoms with Crippen molar-refractivity contribution in [1.82, 2.24) is 9.55 Å². The molecular weight excluding hydrogens is 248 g/mol. The third-order valence-electron chi connectivity index (χ3n) is 3.07. The molecule has 0 aliphatic rings. The van der Waals surface area contributed by atoms with E-state index >= 15 is 0 Å². The molecule has 2 aromatic rings. The maximum absolute atomic E-state index is 8.98. The van der Waals surface area contributed by atoms with E-state index in [0.717, 1.165) is 11.4 Å². The molecule has 1 aromatic carbocycles. The number of nitrogens with zero attached hydrogens (tertiary/aromatic N) is 3. The van der Waals surface area contributed by atoms with Gasteiger partial charge in [-0.05, 0) is 12.1 Å². The van der Waals surface area contributed by atoms with E-state index in [9.17, 15) is 0 Å². The fourth-order valence-corrected chi connectivity index (χ4v) is 2.13. The topological polar surface area (TPSA) is 67.6 Å². The van der Waals surface area contributed by atoms with Gasteiger partial charge in [-0.3, -0.25) is 0 Å². The number of nitriles is 1. The number of hydrogen-bond donors (Lipinski definition) is 1. The first-order valence-corrected chi connectivity index (χ1v) is 6.38. The van der Waals surface area contributed by atoms with Gasteiger partial charge < -0.3 is 10.3 Å². The van der Waals surface area contributed by atoms with E-state index < -0.39 is 0 Å². The van der Waals surface area contributed by atoms with Crippen LogP contribution in [0.15, 0.2) is 24.3 Å². The minimum atomic E-state index is 0.221. The number of aromatic nitrogens is 2. The largest absolute Gasteiger partial charge is 0.383 e. The van der Waals surface area contributed by atoms with E-state index in [0.29, 0.717) is 23.6 Å². The van der Waals surface area contributed by atoms with E-state index in [1.165, 1.54) is 0 Å². The summed E-state index contributed by atoms with van der Waals surface area (Å²) in [6.45, 7) is 4.48. The standard InChI is InChI=1S/C16H16N4/c1-4-8-20-15(18)14(19-16(20)11(2)3)13-7-5-6-12(9-13)10-17/h1,5-7,9,11H,8,18H2,2-3H3. The van der Waals surface area contributed by atoms with Crippen LogP contribution in [0.25, 0.3) is 11.3 Å². The van der Waals surface area contributed by atoms with Gasteiger partial charge in [0.25, 0.3) is 0 Å². The van der Waals surface area contributed by atoms with Gasteiger partial charge in [0, 0.05) is 11.5 Å². The summed E-state index contributed by atoms with van der Waals surface area (Å²) in [5.74, 6) is 4.22. The molecule has 0 aliphatic carbocycles. The molecule has 1 aromatic heterocycles. The van der Waals surface area contributed by atoms with Crippen molar-refractivity contribution in [3.8, 4) is 29.7 Å². The van der Waals surface area contributed by atoms with Crippen LogP contribution >= 0.6 is 0 Å². The predicted octanol–water partition coefficient (Wildman–Crippen LogP) is 2.76. The fourth-order valence-electron chi connectivity index (χ4n) is 2.13. The third-order valence-corrected chi connectivity index (χ3v) is 3.07. The number of nitrogen functional groups attached to an aromatic ring is 1. The highest BCUT2D eigenvalue weighted by Gasteiger charge is 2.17. The van der Waals surface area contributed by atoms with Crippen LogP contribution in [-0.2, 0) is 6.54 Å². The number of hydrogen-bond acceptors (Lipinski definition) is 3. The Hall–Kier alpha value is -2.72. The van der Waals surface area contributed by atoms with E-state index in [1.807, 2.05) is 30.5 Å². The van der Waals surface area contributed by atoms with Gasteiger partial charge in [0.05, 0.1) is 18.2 Å². The monoisotopic (exact) mass is 264 g/mol. The van der Waals surface area contributed by atoms with E-state index in [1.54, 1.807) is 12.1 Å². The van der Waals surface area contributed by atoms with Gasteiger partial charge in [-0.2, -0.15) is 5.26 Å². The first-order chi connectivity index (χ1) is 9.58. The highest BCUT2D eigenvalue weighted by Crippen LogP contribution is 2.29. The summed E-state index contributed by atoms with van der Waals surface area (Å²) in [6, 6.07) is 9.37. The quantitative estimate of drug-likeness (QED) is 0.867. The van der Waals surface area contributed by atoms with Crippen LogP contribution in [-0.4, -0.2) is 9.55 Å². The van der Waals surface area contributed by atoms with Gasteiger partial charge in [-0.15, -0.1) is 6.42 Å². The molecule has 0 unspecified atom stereocenters. The summed E-state index contributed by atoms with van der Waals surface area (Å²) in [4.78, 5) is 4.61. The molecule has 0 bridgehead atoms. The lowest BCUT2D eigenvalue weighted by molar-refractivity contribution is 0.691. The summed E-state index contributed by atoms with van der Waals surface area (Å²) in [5, 5.41) is 8.98. The molecule has 0 spiro atoms. The predicted molar refractivity (Wildman–Crippen MR) is 79.7 cm³/mol. The van der Waals surface area contributed by atoms with Crippen LogP contribution in [0.4, 0.5) is 5.82 Å². The summed E-state index contributed by atoms with van der Waals surface area (Å²) >= 11 is 0. The van der Waals surface area contributed by atoms with Crippen LogP contribution in [0.3, 0.4) is 0 Å². The Balaban J connectivity index is 2.61. The Morgan fingerprint density at radius 2 is 2.20 bits per heavy atom. The average molecular weight is 264 g/mol. The second kappa shape index (κ2) is 5.50. The smallest absolute Gasteiger partial charge is 0.132 e. The lowest BCUT2D eigenvalue weighted by atomic mass is 10.1. The SMILES string of the molecule is C#CCn1c(C(C)C)nc(-c2cccc(C#N)c2)c1N. The van der Waals surface area contributed by atoms with Crippen molar-refractivity contribution in [2.45, 2.75) is 26.3 Å². The highest BCUT2D eigenvalue weighted by molar-refractivity contribution is 5.72. The lowest BCUT2D eigenvalue weighted by Gasteiger charge is -2.08. The molecule has 0 amide bonds. The highest BCUT2D eigenvalue weighted by atomic mass is 15.1. The van der Waals surface area contributed by atoms with Crippen LogP contribution in [0.2, 0.25) is 0 Å². The molecule has 2 rings (SSSR count). The maximum atomic E-state index is 8.98. The number of benzene rings is 1. The number of rotatable bonds is 3. The van der Waals surface area contributed by atoms with E-state index in [4.69, 9.17) is 17.4 Å². The second-order valence-corrected chi connectivity index (χ2v) is 4.84. The zero-order chi connectivity index (χ0) is 14.7. The molecule has 0 fully saturated rings. The Morgan fingerprint density at radius 1 is 1.45 bits per heavy atom. The maximum Gasteiger partial charge on any atom is 0.132 e. The van der Waals surface area contributed by atoms with Gasteiger partial charge in [-0.25, -0.2) is 4.98 Å². The van der Waals surface area contributed by atoms with Crippen molar-refractivity contribution in [2.24, 2.45) is 0 Å². The zero-order valence-corrected chi connectivity index (χ0v) is 11.6. The molecule has 4 heteroatoms. The molecule has 0 radical (unpaired) electrons. The zero-order valence-electron chi connectivity index (χ0n) is 11.6. The Morgan fingerprint density at radius 3 is 2.80 bits per heavy atom. The summed E-state index contributed by atoms with van der Waals surface area (Å²) in [6.07, 6.45) is 5.39. The van der Waals surface area contributed by atoms with Crippen LogP contribution in [0.1, 0.15) is 31.2 Å². The normalized spacial score (nSPS) is 10.2. The van der Waals surface area contributed by atoms with Crippen molar-refractivity contribution >= 4 is 5.82 Å². The Bertz CT molecular complexity index is 711.